The molecule has 0 radical (unpaired) electrons. The lowest BCUT2D eigenvalue weighted by molar-refractivity contribution is 0.0885. The Hall–Kier alpha value is -0.170. The van der Waals surface area contributed by atoms with Crippen molar-refractivity contribution in [1.29, 1.82) is 0 Å². The third-order valence-corrected chi connectivity index (χ3v) is 3.93. The van der Waals surface area contributed by atoms with Gasteiger partial charge in [0, 0.05) is 6.04 Å². The highest BCUT2D eigenvalue weighted by Crippen LogP contribution is 2.17. The minimum Gasteiger partial charge on any atom is -0.286 e. The molecule has 0 bridgehead atoms. The fourth-order valence-corrected chi connectivity index (χ4v) is 2.97. The fraction of sp³-hybridized carbons (Fsp3) is 1.00. The first-order chi connectivity index (χ1) is 8.14. The predicted octanol–water partition coefficient (Wildman–Crippen LogP) is 1.86. The molecular weight excluding hydrogens is 240 g/mol. The molecule has 0 aromatic rings. The zero-order chi connectivity index (χ0) is 12.6. The number of hydrogen-bond donors (Lipinski definition) is 2. The van der Waals surface area contributed by atoms with Crippen LogP contribution in [0.2, 0.25) is 0 Å². The highest BCUT2D eigenvalue weighted by atomic mass is 32.2. The van der Waals surface area contributed by atoms with Crippen LogP contribution in [0.25, 0.3) is 0 Å². The normalized spacial score (nSPS) is 18.4. The molecule has 1 fully saturated rings. The van der Waals surface area contributed by atoms with Crippen LogP contribution >= 0.6 is 0 Å². The number of nitrogens with one attached hydrogen (secondary N) is 2. The van der Waals surface area contributed by atoms with E-state index >= 15 is 0 Å². The van der Waals surface area contributed by atoms with Gasteiger partial charge in [0.1, 0.15) is 0 Å². The summed E-state index contributed by atoms with van der Waals surface area (Å²) in [7, 11) is -3.49. The zero-order valence-corrected chi connectivity index (χ0v) is 11.4. The highest BCUT2D eigenvalue weighted by molar-refractivity contribution is 7.87. The van der Waals surface area contributed by atoms with E-state index in [-0.39, 0.29) is 6.04 Å². The molecule has 6 heteroatoms. The average molecular weight is 264 g/mol. The highest BCUT2D eigenvalue weighted by Gasteiger charge is 2.19. The molecule has 0 aromatic carbocycles. The first-order valence-corrected chi connectivity index (χ1v) is 8.03. The van der Waals surface area contributed by atoms with Crippen LogP contribution in [0.3, 0.4) is 0 Å². The summed E-state index contributed by atoms with van der Waals surface area (Å²) in [5, 5.41) is 0. The molecule has 2 N–H and O–H groups in total. The van der Waals surface area contributed by atoms with Crippen molar-refractivity contribution in [2.75, 3.05) is 6.61 Å². The van der Waals surface area contributed by atoms with E-state index in [0.29, 0.717) is 6.61 Å². The lowest BCUT2D eigenvalue weighted by Gasteiger charge is -2.22. The summed E-state index contributed by atoms with van der Waals surface area (Å²) < 4.78 is 25.8. The standard InChI is InChI=1S/C11H24N2O3S/c1-2-3-7-10-16-13-17(14,15)12-11-8-5-4-6-9-11/h11-13H,2-10H2,1H3. The van der Waals surface area contributed by atoms with E-state index in [0.717, 1.165) is 44.9 Å². The van der Waals surface area contributed by atoms with Crippen molar-refractivity contribution < 1.29 is 13.3 Å². The molecule has 0 unspecified atom stereocenters. The van der Waals surface area contributed by atoms with E-state index in [1.807, 2.05) is 0 Å². The summed E-state index contributed by atoms with van der Waals surface area (Å²) in [5.74, 6) is 0. The SMILES string of the molecule is CCCCCONS(=O)(=O)NC1CCCCC1. The Morgan fingerprint density at radius 1 is 1.18 bits per heavy atom. The van der Waals surface area contributed by atoms with Crippen LogP contribution in [0, 0.1) is 0 Å². The molecule has 1 aliphatic carbocycles. The minimum absolute atomic E-state index is 0.0699. The molecule has 0 atom stereocenters. The Labute approximate surface area is 104 Å². The Morgan fingerprint density at radius 2 is 1.88 bits per heavy atom. The van der Waals surface area contributed by atoms with Gasteiger partial charge in [-0.05, 0) is 19.3 Å². The monoisotopic (exact) mass is 264 g/mol. The van der Waals surface area contributed by atoms with Gasteiger partial charge in [-0.1, -0.05) is 43.9 Å². The molecule has 1 saturated carbocycles. The van der Waals surface area contributed by atoms with Gasteiger partial charge in [0.05, 0.1) is 6.61 Å². The second-order valence-corrected chi connectivity index (χ2v) is 6.00. The van der Waals surface area contributed by atoms with E-state index in [1.165, 1.54) is 6.42 Å². The number of hydrogen-bond acceptors (Lipinski definition) is 3. The Bertz CT molecular complexity index is 287. The molecule has 1 aliphatic rings. The van der Waals surface area contributed by atoms with Crippen molar-refractivity contribution in [3.05, 3.63) is 0 Å². The summed E-state index contributed by atoms with van der Waals surface area (Å²) in [5.41, 5.74) is 0. The first-order valence-electron chi connectivity index (χ1n) is 6.55. The van der Waals surface area contributed by atoms with Gasteiger partial charge < -0.3 is 0 Å². The summed E-state index contributed by atoms with van der Waals surface area (Å²) in [6.07, 6.45) is 8.29. The second-order valence-electron chi connectivity index (χ2n) is 4.60. The van der Waals surface area contributed by atoms with Gasteiger partial charge >= 0.3 is 0 Å². The first kappa shape index (κ1) is 14.9. The molecule has 0 amide bonds. The summed E-state index contributed by atoms with van der Waals surface area (Å²) in [6, 6.07) is 0.0699. The number of unbranched alkanes of at least 4 members (excludes halogenated alkanes) is 2. The second kappa shape index (κ2) is 8.02. The van der Waals surface area contributed by atoms with Crippen LogP contribution in [-0.2, 0) is 15.0 Å². The van der Waals surface area contributed by atoms with Crippen LogP contribution in [0.1, 0.15) is 58.3 Å². The third-order valence-electron chi connectivity index (χ3n) is 2.95. The maximum atomic E-state index is 11.6. The van der Waals surface area contributed by atoms with Gasteiger partial charge in [0.15, 0.2) is 0 Å². The van der Waals surface area contributed by atoms with Crippen molar-refractivity contribution >= 4 is 10.2 Å². The molecule has 0 aliphatic heterocycles. The maximum absolute atomic E-state index is 11.6. The Morgan fingerprint density at radius 3 is 2.53 bits per heavy atom. The average Bonchev–Trinajstić information content (AvgIpc) is 2.29. The Balaban J connectivity index is 2.16. The minimum atomic E-state index is -3.49. The van der Waals surface area contributed by atoms with Crippen LogP contribution in [0.15, 0.2) is 0 Å². The van der Waals surface area contributed by atoms with Crippen molar-refractivity contribution in [2.45, 2.75) is 64.3 Å². The van der Waals surface area contributed by atoms with Gasteiger partial charge in [-0.25, -0.2) is 0 Å². The molecule has 0 heterocycles. The molecule has 102 valence electrons. The molecule has 17 heavy (non-hydrogen) atoms. The number of rotatable bonds is 8. The van der Waals surface area contributed by atoms with Gasteiger partial charge in [0.25, 0.3) is 10.2 Å². The van der Waals surface area contributed by atoms with E-state index < -0.39 is 10.2 Å². The lowest BCUT2D eigenvalue weighted by atomic mass is 9.96. The topological polar surface area (TPSA) is 67.4 Å². The lowest BCUT2D eigenvalue weighted by Crippen LogP contribution is -2.43. The molecule has 0 saturated heterocycles. The van der Waals surface area contributed by atoms with E-state index in [4.69, 9.17) is 4.84 Å². The Kier molecular flexibility index (Phi) is 7.03. The van der Waals surface area contributed by atoms with Crippen LogP contribution < -0.4 is 9.61 Å². The molecular formula is C11H24N2O3S. The quantitative estimate of drug-likeness (QED) is 0.519. The smallest absolute Gasteiger partial charge is 0.286 e. The third kappa shape index (κ3) is 6.98. The molecule has 0 spiro atoms. The van der Waals surface area contributed by atoms with Crippen molar-refractivity contribution in [3.8, 4) is 0 Å². The molecule has 5 nitrogen and oxygen atoms in total. The largest absolute Gasteiger partial charge is 0.299 e. The maximum Gasteiger partial charge on any atom is 0.299 e. The summed E-state index contributed by atoms with van der Waals surface area (Å²) in [4.78, 5) is 7.07. The van der Waals surface area contributed by atoms with E-state index in [2.05, 4.69) is 16.5 Å². The van der Waals surface area contributed by atoms with E-state index in [1.54, 1.807) is 0 Å². The van der Waals surface area contributed by atoms with Gasteiger partial charge in [-0.3, -0.25) is 4.84 Å². The predicted molar refractivity (Wildman–Crippen MR) is 67.5 cm³/mol. The molecule has 0 aromatic heterocycles. The summed E-state index contributed by atoms with van der Waals surface area (Å²) in [6.45, 7) is 2.52. The van der Waals surface area contributed by atoms with Crippen molar-refractivity contribution in [1.82, 2.24) is 9.61 Å². The van der Waals surface area contributed by atoms with Crippen LogP contribution in [0.4, 0.5) is 0 Å². The van der Waals surface area contributed by atoms with Gasteiger partial charge in [0.2, 0.25) is 0 Å². The van der Waals surface area contributed by atoms with Crippen LogP contribution in [0.5, 0.6) is 0 Å². The molecule has 1 rings (SSSR count). The van der Waals surface area contributed by atoms with Crippen molar-refractivity contribution in [2.24, 2.45) is 0 Å². The zero-order valence-electron chi connectivity index (χ0n) is 10.6. The van der Waals surface area contributed by atoms with Gasteiger partial charge in [-0.2, -0.15) is 13.1 Å². The van der Waals surface area contributed by atoms with Crippen molar-refractivity contribution in [3.63, 3.8) is 0 Å². The van der Waals surface area contributed by atoms with Gasteiger partial charge in [-0.15, -0.1) is 0 Å². The van der Waals surface area contributed by atoms with Crippen LogP contribution in [-0.4, -0.2) is 21.1 Å². The summed E-state index contributed by atoms with van der Waals surface area (Å²) >= 11 is 0. The fourth-order valence-electron chi connectivity index (χ4n) is 2.01. The van der Waals surface area contributed by atoms with E-state index in [9.17, 15) is 8.42 Å².